The van der Waals surface area contributed by atoms with Gasteiger partial charge in [-0.2, -0.15) is 0 Å². The summed E-state index contributed by atoms with van der Waals surface area (Å²) in [6, 6.07) is 0. The average Bonchev–Trinajstić information content (AvgIpc) is 2.77. The largest absolute Gasteiger partial charge is 0.339 e. The predicted octanol–water partition coefficient (Wildman–Crippen LogP) is 0.525. The number of ether oxygens (including phenoxy) is 1. The first-order chi connectivity index (χ1) is 7.25. The fourth-order valence-corrected chi connectivity index (χ4v) is 3.10. The average molecular weight is 210 g/mol. The number of hydrogen-bond acceptors (Lipinski definition) is 3. The molecule has 15 heavy (non-hydrogen) atoms. The van der Waals surface area contributed by atoms with Gasteiger partial charge in [0.2, 0.25) is 0 Å². The Bertz CT molecular complexity index is 278. The summed E-state index contributed by atoms with van der Waals surface area (Å²) in [5.41, 5.74) is -0.802. The lowest BCUT2D eigenvalue weighted by Crippen LogP contribution is -2.50. The van der Waals surface area contributed by atoms with Crippen LogP contribution in [0.2, 0.25) is 0 Å². The third-order valence-corrected chi connectivity index (χ3v) is 3.97. The van der Waals surface area contributed by atoms with Crippen molar-refractivity contribution < 1.29 is 9.53 Å². The van der Waals surface area contributed by atoms with Gasteiger partial charge in [-0.05, 0) is 38.8 Å². The SMILES string of the molecule is O=C1NC2(CCNCC2)OC12CCCC2. The van der Waals surface area contributed by atoms with Gasteiger partial charge in [0, 0.05) is 12.8 Å². The van der Waals surface area contributed by atoms with E-state index < -0.39 is 5.60 Å². The molecule has 2 aliphatic heterocycles. The van der Waals surface area contributed by atoms with Crippen molar-refractivity contribution in [2.24, 2.45) is 0 Å². The number of hydrogen-bond donors (Lipinski definition) is 2. The minimum atomic E-state index is -0.461. The first-order valence-corrected chi connectivity index (χ1v) is 5.98. The molecule has 4 heteroatoms. The highest BCUT2D eigenvalue weighted by Gasteiger charge is 2.56. The number of amides is 1. The molecule has 1 aliphatic carbocycles. The maximum Gasteiger partial charge on any atom is 0.254 e. The van der Waals surface area contributed by atoms with Crippen LogP contribution in [0.5, 0.6) is 0 Å². The smallest absolute Gasteiger partial charge is 0.254 e. The van der Waals surface area contributed by atoms with E-state index in [2.05, 4.69) is 10.6 Å². The van der Waals surface area contributed by atoms with Gasteiger partial charge in [-0.25, -0.2) is 0 Å². The third kappa shape index (κ3) is 1.39. The second kappa shape index (κ2) is 3.19. The molecule has 0 bridgehead atoms. The van der Waals surface area contributed by atoms with Crippen molar-refractivity contribution in [3.63, 3.8) is 0 Å². The fourth-order valence-electron chi connectivity index (χ4n) is 3.10. The maximum absolute atomic E-state index is 12.0. The normalized spacial score (nSPS) is 32.4. The molecule has 0 aromatic rings. The lowest BCUT2D eigenvalue weighted by Gasteiger charge is -2.34. The molecule has 84 valence electrons. The topological polar surface area (TPSA) is 50.4 Å². The van der Waals surface area contributed by atoms with E-state index in [9.17, 15) is 4.79 Å². The van der Waals surface area contributed by atoms with Crippen LogP contribution in [0.3, 0.4) is 0 Å². The summed E-state index contributed by atoms with van der Waals surface area (Å²) < 4.78 is 6.15. The molecule has 4 nitrogen and oxygen atoms in total. The second-order valence-corrected chi connectivity index (χ2v) is 5.00. The van der Waals surface area contributed by atoms with Crippen molar-refractivity contribution in [1.29, 1.82) is 0 Å². The Kier molecular flexibility index (Phi) is 2.04. The summed E-state index contributed by atoms with van der Waals surface area (Å²) in [5, 5.41) is 6.40. The first kappa shape index (κ1) is 9.60. The number of nitrogens with one attached hydrogen (secondary N) is 2. The van der Waals surface area contributed by atoms with Crippen molar-refractivity contribution in [2.45, 2.75) is 49.9 Å². The van der Waals surface area contributed by atoms with Crippen LogP contribution in [-0.2, 0) is 9.53 Å². The Morgan fingerprint density at radius 1 is 1.07 bits per heavy atom. The highest BCUT2D eigenvalue weighted by molar-refractivity contribution is 5.88. The van der Waals surface area contributed by atoms with Gasteiger partial charge in [0.25, 0.3) is 5.91 Å². The van der Waals surface area contributed by atoms with E-state index in [0.717, 1.165) is 51.6 Å². The molecule has 1 saturated carbocycles. The molecule has 0 atom stereocenters. The number of piperidine rings is 1. The third-order valence-electron chi connectivity index (χ3n) is 3.97. The maximum atomic E-state index is 12.0. The summed E-state index contributed by atoms with van der Waals surface area (Å²) in [4.78, 5) is 12.0. The molecule has 2 spiro atoms. The molecule has 3 aliphatic rings. The van der Waals surface area contributed by atoms with Gasteiger partial charge in [0.1, 0.15) is 11.3 Å². The predicted molar refractivity (Wildman–Crippen MR) is 55.3 cm³/mol. The zero-order valence-electron chi connectivity index (χ0n) is 8.97. The van der Waals surface area contributed by atoms with Crippen molar-refractivity contribution in [3.8, 4) is 0 Å². The van der Waals surface area contributed by atoms with Gasteiger partial charge in [0.05, 0.1) is 0 Å². The molecule has 3 rings (SSSR count). The Morgan fingerprint density at radius 2 is 1.73 bits per heavy atom. The van der Waals surface area contributed by atoms with Crippen molar-refractivity contribution in [3.05, 3.63) is 0 Å². The molecule has 2 N–H and O–H groups in total. The van der Waals surface area contributed by atoms with E-state index in [1.54, 1.807) is 0 Å². The van der Waals surface area contributed by atoms with Crippen LogP contribution in [0.4, 0.5) is 0 Å². The van der Waals surface area contributed by atoms with E-state index in [4.69, 9.17) is 4.74 Å². The molecule has 0 radical (unpaired) electrons. The summed E-state index contributed by atoms with van der Waals surface area (Å²) in [5.74, 6) is 0.141. The van der Waals surface area contributed by atoms with Crippen LogP contribution in [0.1, 0.15) is 38.5 Å². The van der Waals surface area contributed by atoms with E-state index in [0.29, 0.717) is 0 Å². The molecule has 1 amide bonds. The van der Waals surface area contributed by atoms with Crippen molar-refractivity contribution in [2.75, 3.05) is 13.1 Å². The van der Waals surface area contributed by atoms with E-state index in [-0.39, 0.29) is 11.6 Å². The van der Waals surface area contributed by atoms with Gasteiger partial charge in [-0.1, -0.05) is 0 Å². The highest BCUT2D eigenvalue weighted by Crippen LogP contribution is 2.43. The van der Waals surface area contributed by atoms with Crippen LogP contribution in [-0.4, -0.2) is 30.3 Å². The second-order valence-electron chi connectivity index (χ2n) is 5.00. The molecule has 3 fully saturated rings. The van der Waals surface area contributed by atoms with Gasteiger partial charge in [0.15, 0.2) is 0 Å². The first-order valence-electron chi connectivity index (χ1n) is 5.98. The van der Waals surface area contributed by atoms with Gasteiger partial charge < -0.3 is 15.4 Å². The quantitative estimate of drug-likeness (QED) is 0.613. The van der Waals surface area contributed by atoms with Gasteiger partial charge >= 0.3 is 0 Å². The van der Waals surface area contributed by atoms with E-state index in [1.807, 2.05) is 0 Å². The summed E-state index contributed by atoms with van der Waals surface area (Å²) in [6.45, 7) is 1.88. The Labute approximate surface area is 89.7 Å². The standard InChI is InChI=1S/C11H18N2O2/c14-9-10(3-1-2-4-10)15-11(13-9)5-7-12-8-6-11/h12H,1-8H2,(H,13,14). The molecule has 0 aromatic carbocycles. The van der Waals surface area contributed by atoms with Crippen LogP contribution in [0.25, 0.3) is 0 Å². The van der Waals surface area contributed by atoms with E-state index >= 15 is 0 Å². The minimum absolute atomic E-state index is 0.141. The molecular weight excluding hydrogens is 192 g/mol. The van der Waals surface area contributed by atoms with Crippen LogP contribution in [0.15, 0.2) is 0 Å². The molecule has 0 unspecified atom stereocenters. The number of carbonyl (C=O) groups is 1. The zero-order valence-corrected chi connectivity index (χ0v) is 8.97. The zero-order chi connectivity index (χ0) is 10.4. The van der Waals surface area contributed by atoms with Crippen LogP contribution in [0, 0.1) is 0 Å². The molecule has 2 heterocycles. The number of rotatable bonds is 0. The monoisotopic (exact) mass is 210 g/mol. The van der Waals surface area contributed by atoms with Crippen LogP contribution >= 0.6 is 0 Å². The summed E-state index contributed by atoms with van der Waals surface area (Å²) >= 11 is 0. The summed E-state index contributed by atoms with van der Waals surface area (Å²) in [7, 11) is 0. The van der Waals surface area contributed by atoms with Crippen molar-refractivity contribution >= 4 is 5.91 Å². The van der Waals surface area contributed by atoms with Crippen molar-refractivity contribution in [1.82, 2.24) is 10.6 Å². The Morgan fingerprint density at radius 3 is 2.40 bits per heavy atom. The Hall–Kier alpha value is -0.610. The Balaban J connectivity index is 1.82. The fraction of sp³-hybridized carbons (Fsp3) is 0.909. The van der Waals surface area contributed by atoms with Gasteiger partial charge in [-0.15, -0.1) is 0 Å². The lowest BCUT2D eigenvalue weighted by molar-refractivity contribution is -0.142. The lowest BCUT2D eigenvalue weighted by atomic mass is 10.0. The summed E-state index contributed by atoms with van der Waals surface area (Å²) in [6.07, 6.45) is 5.88. The minimum Gasteiger partial charge on any atom is -0.339 e. The highest BCUT2D eigenvalue weighted by atomic mass is 16.6. The molecule has 0 aromatic heterocycles. The number of carbonyl (C=O) groups excluding carboxylic acids is 1. The molecular formula is C11H18N2O2. The van der Waals surface area contributed by atoms with Gasteiger partial charge in [-0.3, -0.25) is 4.79 Å². The molecule has 2 saturated heterocycles. The van der Waals surface area contributed by atoms with Crippen LogP contribution < -0.4 is 10.6 Å². The van der Waals surface area contributed by atoms with E-state index in [1.165, 1.54) is 0 Å².